The predicted molar refractivity (Wildman–Crippen MR) is 71.3 cm³/mol. The zero-order valence-electron chi connectivity index (χ0n) is 11.0. The Morgan fingerprint density at radius 2 is 2.32 bits per heavy atom. The van der Waals surface area contributed by atoms with Gasteiger partial charge < -0.3 is 10.3 Å². The minimum atomic E-state index is 0.141. The van der Waals surface area contributed by atoms with Crippen LogP contribution in [0.5, 0.6) is 0 Å². The molecule has 0 aromatic carbocycles. The summed E-state index contributed by atoms with van der Waals surface area (Å²) in [6.45, 7) is 2.09. The Balaban J connectivity index is 1.80. The molecule has 1 aliphatic rings. The Labute approximate surface area is 112 Å². The van der Waals surface area contributed by atoms with Gasteiger partial charge in [0.15, 0.2) is 0 Å². The molecule has 2 aromatic rings. The Kier molecular flexibility index (Phi) is 3.29. The van der Waals surface area contributed by atoms with E-state index in [2.05, 4.69) is 22.0 Å². The molecule has 0 aliphatic heterocycles. The predicted octanol–water partition coefficient (Wildman–Crippen LogP) is 1.97. The van der Waals surface area contributed by atoms with Crippen LogP contribution in [-0.4, -0.2) is 21.2 Å². The molecule has 2 N–H and O–H groups in total. The van der Waals surface area contributed by atoms with Gasteiger partial charge in [-0.05, 0) is 36.8 Å². The molecule has 19 heavy (non-hydrogen) atoms. The molecule has 0 spiro atoms. The third-order valence-corrected chi connectivity index (χ3v) is 3.59. The first kappa shape index (κ1) is 12.3. The summed E-state index contributed by atoms with van der Waals surface area (Å²) in [5, 5.41) is 4.02. The van der Waals surface area contributed by atoms with Gasteiger partial charge in [-0.3, -0.25) is 4.98 Å². The van der Waals surface area contributed by atoms with Crippen molar-refractivity contribution in [3.63, 3.8) is 0 Å². The molecule has 1 aliphatic carbocycles. The average molecular weight is 258 g/mol. The monoisotopic (exact) mass is 258 g/mol. The van der Waals surface area contributed by atoms with E-state index in [9.17, 15) is 0 Å². The molecule has 5 heteroatoms. The SMILES string of the molecule is CCc1cccnc1-c1noc(CC(N)C2CC2)n1. The molecule has 2 aromatic heterocycles. The van der Waals surface area contributed by atoms with E-state index in [0.29, 0.717) is 24.1 Å². The van der Waals surface area contributed by atoms with E-state index in [1.165, 1.54) is 12.8 Å². The fraction of sp³-hybridized carbons (Fsp3) is 0.500. The number of nitrogens with zero attached hydrogens (tertiary/aromatic N) is 3. The average Bonchev–Trinajstić information content (AvgIpc) is 3.20. The van der Waals surface area contributed by atoms with Crippen LogP contribution in [0, 0.1) is 5.92 Å². The minimum absolute atomic E-state index is 0.141. The maximum atomic E-state index is 6.07. The van der Waals surface area contributed by atoms with Crippen molar-refractivity contribution in [3.05, 3.63) is 29.8 Å². The van der Waals surface area contributed by atoms with Crippen molar-refractivity contribution in [3.8, 4) is 11.5 Å². The summed E-state index contributed by atoms with van der Waals surface area (Å²) < 4.78 is 5.29. The Bertz CT molecular complexity index is 562. The van der Waals surface area contributed by atoms with Crippen LogP contribution in [0.2, 0.25) is 0 Å². The fourth-order valence-electron chi connectivity index (χ4n) is 2.25. The minimum Gasteiger partial charge on any atom is -0.339 e. The molecule has 0 radical (unpaired) electrons. The van der Waals surface area contributed by atoms with E-state index in [4.69, 9.17) is 10.3 Å². The number of pyridine rings is 1. The van der Waals surface area contributed by atoms with Crippen LogP contribution in [0.3, 0.4) is 0 Å². The smallest absolute Gasteiger partial charge is 0.228 e. The molecular weight excluding hydrogens is 240 g/mol. The first-order chi connectivity index (χ1) is 9.28. The van der Waals surface area contributed by atoms with Crippen LogP contribution < -0.4 is 5.73 Å². The lowest BCUT2D eigenvalue weighted by atomic mass is 10.1. The molecule has 100 valence electrons. The van der Waals surface area contributed by atoms with E-state index in [1.807, 2.05) is 12.1 Å². The van der Waals surface area contributed by atoms with E-state index in [-0.39, 0.29) is 6.04 Å². The number of nitrogens with two attached hydrogens (primary N) is 1. The van der Waals surface area contributed by atoms with Crippen LogP contribution >= 0.6 is 0 Å². The number of aryl methyl sites for hydroxylation is 1. The van der Waals surface area contributed by atoms with Gasteiger partial charge in [0.1, 0.15) is 5.69 Å². The highest BCUT2D eigenvalue weighted by molar-refractivity contribution is 5.53. The summed E-state index contributed by atoms with van der Waals surface area (Å²) in [7, 11) is 0. The van der Waals surface area contributed by atoms with Crippen molar-refractivity contribution in [2.45, 2.75) is 38.6 Å². The van der Waals surface area contributed by atoms with Crippen molar-refractivity contribution < 1.29 is 4.52 Å². The van der Waals surface area contributed by atoms with Crippen molar-refractivity contribution >= 4 is 0 Å². The molecule has 1 unspecified atom stereocenters. The molecule has 0 bridgehead atoms. The first-order valence-electron chi connectivity index (χ1n) is 6.80. The van der Waals surface area contributed by atoms with Crippen LogP contribution in [0.15, 0.2) is 22.9 Å². The molecule has 0 amide bonds. The molecule has 1 atom stereocenters. The van der Waals surface area contributed by atoms with Gasteiger partial charge >= 0.3 is 0 Å². The zero-order valence-corrected chi connectivity index (χ0v) is 11.0. The third-order valence-electron chi connectivity index (χ3n) is 3.59. The lowest BCUT2D eigenvalue weighted by Gasteiger charge is -2.04. The van der Waals surface area contributed by atoms with Crippen molar-refractivity contribution in [2.75, 3.05) is 0 Å². The lowest BCUT2D eigenvalue weighted by molar-refractivity contribution is 0.363. The Morgan fingerprint density at radius 3 is 3.05 bits per heavy atom. The normalized spacial score (nSPS) is 16.5. The Morgan fingerprint density at radius 1 is 1.47 bits per heavy atom. The summed E-state index contributed by atoms with van der Waals surface area (Å²) in [6.07, 6.45) is 5.76. The van der Waals surface area contributed by atoms with Crippen LogP contribution in [0.4, 0.5) is 0 Å². The maximum absolute atomic E-state index is 6.07. The highest BCUT2D eigenvalue weighted by Gasteiger charge is 2.29. The van der Waals surface area contributed by atoms with Gasteiger partial charge in [-0.15, -0.1) is 0 Å². The second-order valence-corrected chi connectivity index (χ2v) is 5.08. The van der Waals surface area contributed by atoms with Crippen LogP contribution in [-0.2, 0) is 12.8 Å². The summed E-state index contributed by atoms with van der Waals surface area (Å²) in [5.74, 6) is 1.81. The second kappa shape index (κ2) is 5.09. The standard InChI is InChI=1S/C14H18N4O/c1-2-9-4-3-7-16-13(9)14-17-12(19-18-14)8-11(15)10-5-6-10/h3-4,7,10-11H,2,5-6,8,15H2,1H3. The van der Waals surface area contributed by atoms with Gasteiger partial charge in [0.05, 0.1) is 0 Å². The zero-order chi connectivity index (χ0) is 13.2. The van der Waals surface area contributed by atoms with Crippen LogP contribution in [0.1, 0.15) is 31.2 Å². The van der Waals surface area contributed by atoms with Gasteiger partial charge in [-0.2, -0.15) is 4.98 Å². The second-order valence-electron chi connectivity index (χ2n) is 5.08. The van der Waals surface area contributed by atoms with Gasteiger partial charge in [0.25, 0.3) is 0 Å². The fourth-order valence-corrected chi connectivity index (χ4v) is 2.25. The Hall–Kier alpha value is -1.75. The van der Waals surface area contributed by atoms with Gasteiger partial charge in [-0.25, -0.2) is 0 Å². The summed E-state index contributed by atoms with van der Waals surface area (Å²) in [4.78, 5) is 8.76. The van der Waals surface area contributed by atoms with E-state index < -0.39 is 0 Å². The number of aromatic nitrogens is 3. The molecule has 0 saturated heterocycles. The van der Waals surface area contributed by atoms with Gasteiger partial charge in [0.2, 0.25) is 11.7 Å². The van der Waals surface area contributed by atoms with Crippen LogP contribution in [0.25, 0.3) is 11.5 Å². The molecule has 3 rings (SSSR count). The molecular formula is C14H18N4O. The molecule has 2 heterocycles. The number of rotatable bonds is 5. The van der Waals surface area contributed by atoms with E-state index in [1.54, 1.807) is 6.20 Å². The third kappa shape index (κ3) is 2.66. The van der Waals surface area contributed by atoms with Crippen molar-refractivity contribution in [1.82, 2.24) is 15.1 Å². The molecule has 1 saturated carbocycles. The lowest BCUT2D eigenvalue weighted by Crippen LogP contribution is -2.25. The summed E-state index contributed by atoms with van der Waals surface area (Å²) in [5.41, 5.74) is 8.00. The van der Waals surface area contributed by atoms with Crippen molar-refractivity contribution in [1.29, 1.82) is 0 Å². The highest BCUT2D eigenvalue weighted by Crippen LogP contribution is 2.32. The highest BCUT2D eigenvalue weighted by atomic mass is 16.5. The quantitative estimate of drug-likeness (QED) is 0.887. The van der Waals surface area contributed by atoms with Gasteiger partial charge in [0, 0.05) is 18.7 Å². The topological polar surface area (TPSA) is 77.8 Å². The molecule has 1 fully saturated rings. The summed E-state index contributed by atoms with van der Waals surface area (Å²) >= 11 is 0. The molecule has 5 nitrogen and oxygen atoms in total. The number of hydrogen-bond donors (Lipinski definition) is 1. The summed E-state index contributed by atoms with van der Waals surface area (Å²) in [6, 6.07) is 4.10. The largest absolute Gasteiger partial charge is 0.339 e. The van der Waals surface area contributed by atoms with E-state index >= 15 is 0 Å². The number of hydrogen-bond acceptors (Lipinski definition) is 5. The maximum Gasteiger partial charge on any atom is 0.228 e. The van der Waals surface area contributed by atoms with Crippen molar-refractivity contribution in [2.24, 2.45) is 11.7 Å². The van der Waals surface area contributed by atoms with E-state index in [0.717, 1.165) is 17.7 Å². The first-order valence-corrected chi connectivity index (χ1v) is 6.80. The van der Waals surface area contributed by atoms with Gasteiger partial charge in [-0.1, -0.05) is 18.1 Å².